The lowest BCUT2D eigenvalue weighted by Gasteiger charge is -2.21. The molecule has 0 aromatic heterocycles. The van der Waals surface area contributed by atoms with Crippen molar-refractivity contribution in [1.29, 1.82) is 0 Å². The fraction of sp³-hybridized carbons (Fsp3) is 0.200. The van der Waals surface area contributed by atoms with Crippen LogP contribution >= 0.6 is 11.8 Å². The quantitative estimate of drug-likeness (QED) is 0.797. The number of hydrogen-bond acceptors (Lipinski definition) is 5. The van der Waals surface area contributed by atoms with Crippen LogP contribution in [-0.4, -0.2) is 25.0 Å². The summed E-state index contributed by atoms with van der Waals surface area (Å²) in [6.07, 6.45) is 1.34. The predicted octanol–water partition coefficient (Wildman–Crippen LogP) is 3.26. The van der Waals surface area contributed by atoms with Crippen molar-refractivity contribution in [2.45, 2.75) is 17.9 Å². The molecule has 0 spiro atoms. The highest BCUT2D eigenvalue weighted by molar-refractivity contribution is 8.04. The number of carbonyl (C=O) groups excluding carboxylic acids is 2. The molecule has 2 amide bonds. The van der Waals surface area contributed by atoms with E-state index in [0.29, 0.717) is 29.6 Å². The van der Waals surface area contributed by atoms with Crippen LogP contribution in [0.5, 0.6) is 11.5 Å². The Kier molecular flexibility index (Phi) is 4.77. The van der Waals surface area contributed by atoms with Gasteiger partial charge >= 0.3 is 0 Å². The topological polar surface area (TPSA) is 76.7 Å². The summed E-state index contributed by atoms with van der Waals surface area (Å²) in [6.45, 7) is 2.93. The molecule has 2 aromatic carbocycles. The van der Waals surface area contributed by atoms with E-state index in [-0.39, 0.29) is 17.9 Å². The lowest BCUT2D eigenvalue weighted by molar-refractivity contribution is -0.118. The van der Waals surface area contributed by atoms with Gasteiger partial charge in [-0.25, -0.2) is 0 Å². The van der Waals surface area contributed by atoms with Gasteiger partial charge in [0.25, 0.3) is 5.91 Å². The lowest BCUT2D eigenvalue weighted by Crippen LogP contribution is -2.27. The molecule has 2 heterocycles. The first-order valence-electron chi connectivity index (χ1n) is 8.60. The van der Waals surface area contributed by atoms with Gasteiger partial charge in [0.2, 0.25) is 5.91 Å². The molecule has 0 saturated carbocycles. The number of ether oxygens (including phenoxy) is 2. The summed E-state index contributed by atoms with van der Waals surface area (Å²) in [5.41, 5.74) is 1.66. The first kappa shape index (κ1) is 17.5. The third kappa shape index (κ3) is 3.78. The Hall–Kier alpha value is -2.93. The summed E-state index contributed by atoms with van der Waals surface area (Å²) in [7, 11) is 0. The van der Waals surface area contributed by atoms with E-state index in [0.717, 1.165) is 16.1 Å². The Labute approximate surface area is 160 Å². The molecule has 2 aliphatic rings. The Balaban J connectivity index is 1.46. The van der Waals surface area contributed by atoms with E-state index < -0.39 is 0 Å². The first-order chi connectivity index (χ1) is 13.1. The van der Waals surface area contributed by atoms with Crippen LogP contribution in [0.25, 0.3) is 0 Å². The number of benzene rings is 2. The van der Waals surface area contributed by atoms with E-state index in [4.69, 9.17) is 9.47 Å². The summed E-state index contributed by atoms with van der Waals surface area (Å²) in [5, 5.41) is 5.69. The number of carbonyl (C=O) groups is 2. The molecule has 2 N–H and O–H groups in total. The molecule has 2 aliphatic heterocycles. The van der Waals surface area contributed by atoms with Gasteiger partial charge in [0, 0.05) is 11.0 Å². The number of rotatable bonds is 3. The maximum atomic E-state index is 12.4. The molecule has 27 heavy (non-hydrogen) atoms. The van der Waals surface area contributed by atoms with E-state index >= 15 is 0 Å². The molecule has 1 unspecified atom stereocenters. The van der Waals surface area contributed by atoms with Crippen molar-refractivity contribution >= 4 is 29.3 Å². The normalized spacial score (nSPS) is 17.7. The molecule has 2 aromatic rings. The van der Waals surface area contributed by atoms with Crippen molar-refractivity contribution in [3.05, 3.63) is 59.0 Å². The Bertz CT molecular complexity index is 941. The third-order valence-corrected chi connectivity index (χ3v) is 5.37. The average molecular weight is 382 g/mol. The van der Waals surface area contributed by atoms with E-state index in [1.807, 2.05) is 49.4 Å². The standard InChI is InChI=1S/C20H18N2O4S/c1-12(13-6-7-15-16(10-13)26-9-8-25-15)21-19(23)11-18-20(24)22-14-4-2-3-5-17(14)27-18/h2-7,10-12H,8-9H2,1H3,(H,21,23)(H,22,24)/b18-11-. The van der Waals surface area contributed by atoms with E-state index in [1.165, 1.54) is 17.8 Å². The van der Waals surface area contributed by atoms with Gasteiger partial charge in [-0.05, 0) is 36.8 Å². The van der Waals surface area contributed by atoms with Crippen LogP contribution in [0.15, 0.2) is 58.3 Å². The van der Waals surface area contributed by atoms with Gasteiger partial charge in [0.1, 0.15) is 13.2 Å². The van der Waals surface area contributed by atoms with E-state index in [9.17, 15) is 9.59 Å². The van der Waals surface area contributed by atoms with Crippen molar-refractivity contribution in [3.8, 4) is 11.5 Å². The van der Waals surface area contributed by atoms with Crippen LogP contribution in [0.2, 0.25) is 0 Å². The summed E-state index contributed by atoms with van der Waals surface area (Å²) >= 11 is 1.29. The maximum Gasteiger partial charge on any atom is 0.262 e. The zero-order chi connectivity index (χ0) is 18.8. The molecule has 0 radical (unpaired) electrons. The van der Waals surface area contributed by atoms with Crippen LogP contribution in [0.1, 0.15) is 18.5 Å². The van der Waals surface area contributed by atoms with Gasteiger partial charge in [0.15, 0.2) is 11.5 Å². The number of para-hydroxylation sites is 1. The minimum absolute atomic E-state index is 0.242. The highest BCUT2D eigenvalue weighted by Gasteiger charge is 2.22. The molecule has 6 nitrogen and oxygen atoms in total. The second kappa shape index (κ2) is 7.36. The number of amides is 2. The molecule has 138 valence electrons. The highest BCUT2D eigenvalue weighted by atomic mass is 32.2. The Morgan fingerprint density at radius 2 is 1.96 bits per heavy atom. The monoisotopic (exact) mass is 382 g/mol. The van der Waals surface area contributed by atoms with Crippen molar-refractivity contribution in [1.82, 2.24) is 5.32 Å². The van der Waals surface area contributed by atoms with Gasteiger partial charge in [0.05, 0.1) is 16.6 Å². The molecular weight excluding hydrogens is 364 g/mol. The second-order valence-electron chi connectivity index (χ2n) is 6.19. The summed E-state index contributed by atoms with van der Waals surface area (Å²) in [5.74, 6) is 0.784. The van der Waals surface area contributed by atoms with Crippen molar-refractivity contribution in [2.24, 2.45) is 0 Å². The molecule has 0 bridgehead atoms. The summed E-state index contributed by atoms with van der Waals surface area (Å²) in [6, 6.07) is 12.8. The summed E-state index contributed by atoms with van der Waals surface area (Å²) in [4.78, 5) is 25.9. The second-order valence-corrected chi connectivity index (χ2v) is 7.28. The number of anilines is 1. The van der Waals surface area contributed by atoms with Crippen LogP contribution in [0, 0.1) is 0 Å². The van der Waals surface area contributed by atoms with Crippen molar-refractivity contribution in [3.63, 3.8) is 0 Å². The largest absolute Gasteiger partial charge is 0.486 e. The van der Waals surface area contributed by atoms with Crippen LogP contribution < -0.4 is 20.1 Å². The lowest BCUT2D eigenvalue weighted by atomic mass is 10.1. The third-order valence-electron chi connectivity index (χ3n) is 4.27. The smallest absolute Gasteiger partial charge is 0.262 e. The number of hydrogen-bond donors (Lipinski definition) is 2. The minimum atomic E-state index is -0.325. The van der Waals surface area contributed by atoms with Gasteiger partial charge < -0.3 is 20.1 Å². The molecule has 0 fully saturated rings. The number of thioether (sulfide) groups is 1. The SMILES string of the molecule is CC(NC(=O)/C=C1\Sc2ccccc2NC1=O)c1ccc2c(c1)OCCO2. The van der Waals surface area contributed by atoms with E-state index in [1.54, 1.807) is 0 Å². The first-order valence-corrected chi connectivity index (χ1v) is 9.42. The van der Waals surface area contributed by atoms with Crippen molar-refractivity contribution < 1.29 is 19.1 Å². The molecule has 0 aliphatic carbocycles. The van der Waals surface area contributed by atoms with Gasteiger partial charge in [-0.1, -0.05) is 30.0 Å². The Morgan fingerprint density at radius 1 is 1.19 bits per heavy atom. The number of fused-ring (bicyclic) bond motifs is 2. The zero-order valence-corrected chi connectivity index (χ0v) is 15.5. The molecule has 4 rings (SSSR count). The van der Waals surface area contributed by atoms with Crippen LogP contribution in [0.3, 0.4) is 0 Å². The summed E-state index contributed by atoms with van der Waals surface area (Å²) < 4.78 is 11.1. The predicted molar refractivity (Wildman–Crippen MR) is 103 cm³/mol. The number of nitrogens with one attached hydrogen (secondary N) is 2. The highest BCUT2D eigenvalue weighted by Crippen LogP contribution is 2.37. The molecule has 0 saturated heterocycles. The fourth-order valence-corrected chi connectivity index (χ4v) is 3.81. The van der Waals surface area contributed by atoms with Crippen molar-refractivity contribution in [2.75, 3.05) is 18.5 Å². The van der Waals surface area contributed by atoms with Gasteiger partial charge in [-0.3, -0.25) is 9.59 Å². The minimum Gasteiger partial charge on any atom is -0.486 e. The van der Waals surface area contributed by atoms with Gasteiger partial charge in [-0.15, -0.1) is 0 Å². The van der Waals surface area contributed by atoms with Crippen LogP contribution in [-0.2, 0) is 9.59 Å². The van der Waals surface area contributed by atoms with E-state index in [2.05, 4.69) is 10.6 Å². The fourth-order valence-electron chi connectivity index (χ4n) is 2.89. The maximum absolute atomic E-state index is 12.4. The van der Waals surface area contributed by atoms with Gasteiger partial charge in [-0.2, -0.15) is 0 Å². The molecular formula is C20H18N2O4S. The average Bonchev–Trinajstić information content (AvgIpc) is 2.68. The Morgan fingerprint density at radius 3 is 2.81 bits per heavy atom. The molecule has 7 heteroatoms. The zero-order valence-electron chi connectivity index (χ0n) is 14.7. The van der Waals surface area contributed by atoms with Crippen LogP contribution in [0.4, 0.5) is 5.69 Å². The molecule has 1 atom stereocenters.